The van der Waals surface area contributed by atoms with Crippen molar-refractivity contribution in [2.24, 2.45) is 0 Å². The van der Waals surface area contributed by atoms with Crippen molar-refractivity contribution >= 4 is 21.7 Å². The van der Waals surface area contributed by atoms with Crippen LogP contribution in [-0.2, 0) is 10.3 Å². The molecule has 0 aliphatic heterocycles. The number of hydrogen-bond donors (Lipinski definition) is 0. The maximum atomic E-state index is 11.3. The van der Waals surface area contributed by atoms with Crippen LogP contribution < -0.4 is 0 Å². The van der Waals surface area contributed by atoms with E-state index in [1.165, 1.54) is 0 Å². The molecule has 0 bridgehead atoms. The average Bonchev–Trinajstić information content (AvgIpc) is 2.32. The van der Waals surface area contributed by atoms with Crippen LogP contribution in [-0.4, -0.2) is 5.78 Å². The van der Waals surface area contributed by atoms with E-state index < -0.39 is 5.54 Å². The number of nitrogens with zero attached hydrogens (tertiary/aromatic N) is 1. The van der Waals surface area contributed by atoms with Gasteiger partial charge in [-0.1, -0.05) is 28.1 Å². The Kier molecular flexibility index (Phi) is 3.11. The number of carbonyl (C=O) groups excluding carboxylic acids is 1. The summed E-state index contributed by atoms with van der Waals surface area (Å²) in [4.78, 5) is 15.1. The SMILES string of the molecule is [C-]#[N+]C1(c2ccccc2Br)CCC(=O)CC1. The Labute approximate surface area is 104 Å². The van der Waals surface area contributed by atoms with E-state index in [1.807, 2.05) is 24.3 Å². The maximum absolute atomic E-state index is 11.3. The van der Waals surface area contributed by atoms with E-state index >= 15 is 0 Å². The van der Waals surface area contributed by atoms with Crippen molar-refractivity contribution in [3.63, 3.8) is 0 Å². The first-order chi connectivity index (χ1) is 7.68. The van der Waals surface area contributed by atoms with Crippen LogP contribution in [0.2, 0.25) is 0 Å². The summed E-state index contributed by atoms with van der Waals surface area (Å²) in [6.45, 7) is 7.44. The van der Waals surface area contributed by atoms with E-state index in [-0.39, 0.29) is 5.78 Å². The summed E-state index contributed by atoms with van der Waals surface area (Å²) in [5, 5.41) is 0. The molecule has 0 saturated heterocycles. The maximum Gasteiger partial charge on any atom is 0.259 e. The van der Waals surface area contributed by atoms with Crippen LogP contribution in [0.15, 0.2) is 28.7 Å². The van der Waals surface area contributed by atoms with Crippen LogP contribution in [0.3, 0.4) is 0 Å². The molecule has 0 heterocycles. The van der Waals surface area contributed by atoms with Gasteiger partial charge in [-0.3, -0.25) is 4.79 Å². The van der Waals surface area contributed by atoms with Crippen molar-refractivity contribution < 1.29 is 4.79 Å². The molecule has 0 unspecified atom stereocenters. The Morgan fingerprint density at radius 2 is 1.88 bits per heavy atom. The van der Waals surface area contributed by atoms with Gasteiger partial charge in [-0.05, 0) is 12.1 Å². The second-order valence-electron chi connectivity index (χ2n) is 4.16. The molecule has 2 nitrogen and oxygen atoms in total. The second-order valence-corrected chi connectivity index (χ2v) is 5.02. The highest BCUT2D eigenvalue weighted by molar-refractivity contribution is 9.10. The molecule has 1 aromatic rings. The Morgan fingerprint density at radius 1 is 1.25 bits per heavy atom. The van der Waals surface area contributed by atoms with Gasteiger partial charge < -0.3 is 4.85 Å². The third-order valence-electron chi connectivity index (χ3n) is 3.22. The molecular weight excluding hydrogens is 266 g/mol. The summed E-state index contributed by atoms with van der Waals surface area (Å²) in [5.41, 5.74) is 0.533. The Morgan fingerprint density at radius 3 is 2.44 bits per heavy atom. The lowest BCUT2D eigenvalue weighted by atomic mass is 9.77. The molecule has 1 fully saturated rings. The molecule has 82 valence electrons. The third-order valence-corrected chi connectivity index (χ3v) is 3.92. The van der Waals surface area contributed by atoms with Gasteiger partial charge in [-0.15, -0.1) is 0 Å². The predicted octanol–water partition coefficient (Wildman–Crippen LogP) is 3.71. The number of rotatable bonds is 1. The van der Waals surface area contributed by atoms with E-state index in [2.05, 4.69) is 20.8 Å². The van der Waals surface area contributed by atoms with Gasteiger partial charge in [0.1, 0.15) is 5.78 Å². The van der Waals surface area contributed by atoms with E-state index in [0.29, 0.717) is 25.7 Å². The largest absolute Gasteiger partial charge is 0.305 e. The van der Waals surface area contributed by atoms with Crippen LogP contribution >= 0.6 is 15.9 Å². The number of halogens is 1. The first kappa shape index (κ1) is 11.3. The van der Waals surface area contributed by atoms with Gasteiger partial charge in [-0.25, -0.2) is 6.57 Å². The first-order valence-electron chi connectivity index (χ1n) is 5.33. The lowest BCUT2D eigenvalue weighted by molar-refractivity contribution is -0.121. The molecule has 0 spiro atoms. The quantitative estimate of drug-likeness (QED) is 0.717. The van der Waals surface area contributed by atoms with Crippen molar-refractivity contribution in [3.8, 4) is 0 Å². The molecule has 1 aliphatic carbocycles. The van der Waals surface area contributed by atoms with Crippen molar-refractivity contribution in [2.45, 2.75) is 31.2 Å². The fourth-order valence-electron chi connectivity index (χ4n) is 2.22. The number of hydrogen-bond acceptors (Lipinski definition) is 1. The molecule has 0 N–H and O–H groups in total. The lowest BCUT2D eigenvalue weighted by Gasteiger charge is -2.26. The van der Waals surface area contributed by atoms with Crippen LogP contribution in [0.1, 0.15) is 31.2 Å². The molecule has 0 atom stereocenters. The fraction of sp³-hybridized carbons (Fsp3) is 0.385. The smallest absolute Gasteiger partial charge is 0.259 e. The normalized spacial score (nSPS) is 19.1. The Bertz CT molecular complexity index is 451. The van der Waals surface area contributed by atoms with Crippen molar-refractivity contribution in [1.82, 2.24) is 0 Å². The zero-order chi connectivity index (χ0) is 11.6. The number of Topliss-reactive ketones (excluding diaryl/α,β-unsaturated/α-hetero) is 1. The van der Waals surface area contributed by atoms with Crippen molar-refractivity contribution in [2.75, 3.05) is 0 Å². The minimum Gasteiger partial charge on any atom is -0.305 e. The van der Waals surface area contributed by atoms with E-state index in [0.717, 1.165) is 10.0 Å². The highest BCUT2D eigenvalue weighted by Crippen LogP contribution is 2.42. The monoisotopic (exact) mass is 277 g/mol. The fourth-order valence-corrected chi connectivity index (χ4v) is 2.88. The summed E-state index contributed by atoms with van der Waals surface area (Å²) in [7, 11) is 0. The summed E-state index contributed by atoms with van der Waals surface area (Å²) < 4.78 is 0.973. The molecule has 16 heavy (non-hydrogen) atoms. The summed E-state index contributed by atoms with van der Waals surface area (Å²) in [5.74, 6) is 0.284. The van der Waals surface area contributed by atoms with Crippen LogP contribution in [0.5, 0.6) is 0 Å². The first-order valence-corrected chi connectivity index (χ1v) is 6.12. The van der Waals surface area contributed by atoms with Crippen LogP contribution in [0, 0.1) is 6.57 Å². The molecule has 0 aromatic heterocycles. The van der Waals surface area contributed by atoms with E-state index in [4.69, 9.17) is 6.57 Å². The average molecular weight is 278 g/mol. The molecule has 1 aromatic carbocycles. The van der Waals surface area contributed by atoms with Crippen LogP contribution in [0.4, 0.5) is 0 Å². The van der Waals surface area contributed by atoms with Gasteiger partial charge in [0, 0.05) is 30.2 Å². The Hall–Kier alpha value is -1.14. The third kappa shape index (κ3) is 1.90. The molecule has 0 radical (unpaired) electrons. The minimum atomic E-state index is -0.492. The van der Waals surface area contributed by atoms with E-state index in [9.17, 15) is 4.79 Å². The molecular formula is C13H12BrNO. The predicted molar refractivity (Wildman–Crippen MR) is 65.9 cm³/mol. The topological polar surface area (TPSA) is 21.4 Å². The Balaban J connectivity index is 2.40. The number of ketones is 1. The summed E-state index contributed by atoms with van der Waals surface area (Å²) in [6.07, 6.45) is 2.36. The molecule has 0 amide bonds. The molecule has 1 saturated carbocycles. The zero-order valence-electron chi connectivity index (χ0n) is 8.87. The minimum absolute atomic E-state index is 0.284. The van der Waals surface area contributed by atoms with Gasteiger partial charge >= 0.3 is 0 Å². The second kappa shape index (κ2) is 4.39. The van der Waals surface area contributed by atoms with Gasteiger partial charge in [0.25, 0.3) is 5.54 Å². The zero-order valence-corrected chi connectivity index (χ0v) is 10.5. The van der Waals surface area contributed by atoms with Gasteiger partial charge in [0.05, 0.1) is 5.56 Å². The highest BCUT2D eigenvalue weighted by Gasteiger charge is 2.43. The summed E-state index contributed by atoms with van der Waals surface area (Å²) >= 11 is 3.49. The number of benzene rings is 1. The van der Waals surface area contributed by atoms with E-state index in [1.54, 1.807) is 0 Å². The molecule has 2 rings (SSSR count). The van der Waals surface area contributed by atoms with Crippen molar-refractivity contribution in [1.29, 1.82) is 0 Å². The van der Waals surface area contributed by atoms with Gasteiger partial charge in [0.15, 0.2) is 0 Å². The van der Waals surface area contributed by atoms with Gasteiger partial charge in [-0.2, -0.15) is 0 Å². The highest BCUT2D eigenvalue weighted by atomic mass is 79.9. The van der Waals surface area contributed by atoms with Crippen LogP contribution in [0.25, 0.3) is 4.85 Å². The lowest BCUT2D eigenvalue weighted by Crippen LogP contribution is -2.28. The number of carbonyl (C=O) groups is 1. The van der Waals surface area contributed by atoms with Crippen molar-refractivity contribution in [3.05, 3.63) is 45.7 Å². The standard InChI is InChI=1S/C13H12BrNO/c1-15-13(8-6-10(16)7-9-13)11-4-2-3-5-12(11)14/h2-5H,6-9H2. The summed E-state index contributed by atoms with van der Waals surface area (Å²) in [6, 6.07) is 7.83. The van der Waals surface area contributed by atoms with Gasteiger partial charge in [0.2, 0.25) is 0 Å². The molecule has 3 heteroatoms. The molecule has 1 aliphatic rings.